The second kappa shape index (κ2) is 7.28. The van der Waals surface area contributed by atoms with Crippen LogP contribution in [0.1, 0.15) is 29.2 Å². The van der Waals surface area contributed by atoms with Crippen LogP contribution in [0.2, 0.25) is 5.02 Å². The molecule has 3 aromatic rings. The number of aromatic nitrogens is 3. The highest BCUT2D eigenvalue weighted by Gasteiger charge is 2.30. The van der Waals surface area contributed by atoms with Gasteiger partial charge in [0.15, 0.2) is 5.82 Å². The first kappa shape index (κ1) is 17.9. The molecule has 2 aromatic heterocycles. The van der Waals surface area contributed by atoms with E-state index in [1.165, 1.54) is 34.2 Å². The van der Waals surface area contributed by atoms with Gasteiger partial charge in [0, 0.05) is 12.6 Å². The fourth-order valence-corrected chi connectivity index (χ4v) is 3.83. The third kappa shape index (κ3) is 3.54. The van der Waals surface area contributed by atoms with Crippen molar-refractivity contribution in [2.24, 2.45) is 0 Å². The van der Waals surface area contributed by atoms with Gasteiger partial charge in [0.1, 0.15) is 5.82 Å². The largest absolute Gasteiger partial charge is 0.350 e. The predicted molar refractivity (Wildman–Crippen MR) is 102 cm³/mol. The predicted octanol–water partition coefficient (Wildman–Crippen LogP) is 3.33. The smallest absolute Gasteiger partial charge is 0.346 e. The van der Waals surface area contributed by atoms with Gasteiger partial charge in [-0.05, 0) is 36.4 Å². The highest BCUT2D eigenvalue weighted by Crippen LogP contribution is 2.37. The molecule has 1 amide bonds. The summed E-state index contributed by atoms with van der Waals surface area (Å²) in [5, 5.41) is 9.02. The van der Waals surface area contributed by atoms with E-state index in [1.807, 2.05) is 17.5 Å². The van der Waals surface area contributed by atoms with E-state index in [9.17, 15) is 14.0 Å². The average Bonchev–Trinajstić information content (AvgIpc) is 3.21. The Morgan fingerprint density at radius 1 is 1.33 bits per heavy atom. The normalized spacial score (nSPS) is 13.7. The van der Waals surface area contributed by atoms with Crippen LogP contribution in [0.3, 0.4) is 0 Å². The zero-order valence-corrected chi connectivity index (χ0v) is 15.8. The first-order chi connectivity index (χ1) is 13.1. The standard InChI is InChI=1S/C18H16ClFN4O2S/c19-12-3-1-4-13(20)15(12)17(25)21-8-9-23-18(26)24(11-6-7-11)16(22-23)14-5-2-10-27-14/h1-5,10-11H,6-9H2,(H,21,25). The maximum atomic E-state index is 13.8. The van der Waals surface area contributed by atoms with Crippen molar-refractivity contribution in [2.45, 2.75) is 25.4 Å². The van der Waals surface area contributed by atoms with Crippen molar-refractivity contribution in [1.29, 1.82) is 0 Å². The molecule has 1 saturated carbocycles. The van der Waals surface area contributed by atoms with Gasteiger partial charge >= 0.3 is 5.69 Å². The first-order valence-corrected chi connectivity index (χ1v) is 9.77. The lowest BCUT2D eigenvalue weighted by Crippen LogP contribution is -2.32. The van der Waals surface area contributed by atoms with E-state index in [0.29, 0.717) is 5.82 Å². The number of benzene rings is 1. The van der Waals surface area contributed by atoms with Gasteiger partial charge in [0.05, 0.1) is 22.0 Å². The Labute approximate surface area is 163 Å². The zero-order chi connectivity index (χ0) is 19.0. The summed E-state index contributed by atoms with van der Waals surface area (Å²) in [7, 11) is 0. The van der Waals surface area contributed by atoms with Crippen LogP contribution in [-0.4, -0.2) is 26.8 Å². The minimum Gasteiger partial charge on any atom is -0.350 e. The van der Waals surface area contributed by atoms with Gasteiger partial charge in [-0.1, -0.05) is 23.7 Å². The Bertz CT molecular complexity index is 1020. The molecule has 4 rings (SSSR count). The number of rotatable bonds is 6. The van der Waals surface area contributed by atoms with Crippen LogP contribution in [0.15, 0.2) is 40.5 Å². The minimum absolute atomic E-state index is 0.0441. The molecule has 9 heteroatoms. The molecule has 0 spiro atoms. The molecule has 1 aromatic carbocycles. The van der Waals surface area contributed by atoms with Crippen LogP contribution < -0.4 is 11.0 Å². The molecule has 0 radical (unpaired) electrons. The van der Waals surface area contributed by atoms with Crippen molar-refractivity contribution >= 4 is 28.8 Å². The van der Waals surface area contributed by atoms with E-state index in [4.69, 9.17) is 11.6 Å². The molecule has 6 nitrogen and oxygen atoms in total. The van der Waals surface area contributed by atoms with Crippen LogP contribution in [-0.2, 0) is 6.54 Å². The molecular weight excluding hydrogens is 391 g/mol. The van der Waals surface area contributed by atoms with Crippen LogP contribution in [0.4, 0.5) is 4.39 Å². The third-order valence-electron chi connectivity index (χ3n) is 4.32. The number of carbonyl (C=O) groups is 1. The number of hydrogen-bond acceptors (Lipinski definition) is 4. The molecule has 140 valence electrons. The van der Waals surface area contributed by atoms with E-state index in [1.54, 1.807) is 4.57 Å². The van der Waals surface area contributed by atoms with Crippen molar-refractivity contribution < 1.29 is 9.18 Å². The van der Waals surface area contributed by atoms with E-state index < -0.39 is 11.7 Å². The summed E-state index contributed by atoms with van der Waals surface area (Å²) in [6, 6.07) is 8.10. The molecule has 1 aliphatic carbocycles. The molecule has 0 bridgehead atoms. The number of halogens is 2. The summed E-state index contributed by atoms with van der Waals surface area (Å²) in [5.74, 6) is -0.651. The van der Waals surface area contributed by atoms with Crippen molar-refractivity contribution in [1.82, 2.24) is 19.7 Å². The maximum absolute atomic E-state index is 13.8. The summed E-state index contributed by atoms with van der Waals surface area (Å²) >= 11 is 7.42. The van der Waals surface area contributed by atoms with Gasteiger partial charge in [-0.2, -0.15) is 0 Å². The van der Waals surface area contributed by atoms with Crippen molar-refractivity contribution in [3.05, 3.63) is 62.6 Å². The van der Waals surface area contributed by atoms with Crippen molar-refractivity contribution in [3.8, 4) is 10.7 Å². The van der Waals surface area contributed by atoms with Gasteiger partial charge in [-0.3, -0.25) is 9.36 Å². The number of nitrogens with one attached hydrogen (secondary N) is 1. The second-order valence-electron chi connectivity index (χ2n) is 6.26. The van der Waals surface area contributed by atoms with Gasteiger partial charge in [-0.15, -0.1) is 16.4 Å². The number of carbonyl (C=O) groups excluding carboxylic acids is 1. The van der Waals surface area contributed by atoms with E-state index in [0.717, 1.165) is 17.7 Å². The lowest BCUT2D eigenvalue weighted by molar-refractivity contribution is 0.0948. The van der Waals surface area contributed by atoms with Gasteiger partial charge in [-0.25, -0.2) is 13.9 Å². The third-order valence-corrected chi connectivity index (χ3v) is 5.50. The Morgan fingerprint density at radius 3 is 2.81 bits per heavy atom. The van der Waals surface area contributed by atoms with Crippen molar-refractivity contribution in [3.63, 3.8) is 0 Å². The summed E-state index contributed by atoms with van der Waals surface area (Å²) in [6.07, 6.45) is 1.93. The summed E-state index contributed by atoms with van der Waals surface area (Å²) in [4.78, 5) is 25.8. The van der Waals surface area contributed by atoms with Crippen LogP contribution in [0.25, 0.3) is 10.7 Å². The van der Waals surface area contributed by atoms with Gasteiger partial charge in [0.25, 0.3) is 5.91 Å². The molecule has 1 fully saturated rings. The molecule has 0 saturated heterocycles. The van der Waals surface area contributed by atoms with E-state index >= 15 is 0 Å². The highest BCUT2D eigenvalue weighted by atomic mass is 35.5. The van der Waals surface area contributed by atoms with Crippen LogP contribution in [0.5, 0.6) is 0 Å². The SMILES string of the molecule is O=C(NCCn1nc(-c2cccs2)n(C2CC2)c1=O)c1c(F)cccc1Cl. The zero-order valence-electron chi connectivity index (χ0n) is 14.2. The Kier molecular flexibility index (Phi) is 4.84. The Balaban J connectivity index is 1.50. The molecule has 1 N–H and O–H groups in total. The Morgan fingerprint density at radius 2 is 2.15 bits per heavy atom. The molecule has 0 aliphatic heterocycles. The fraction of sp³-hybridized carbons (Fsp3) is 0.278. The first-order valence-electron chi connectivity index (χ1n) is 8.51. The molecule has 0 atom stereocenters. The monoisotopic (exact) mass is 406 g/mol. The molecular formula is C18H16ClFN4O2S. The number of hydrogen-bond donors (Lipinski definition) is 1. The Hall–Kier alpha value is -2.45. The summed E-state index contributed by atoms with van der Waals surface area (Å²) in [5.41, 5.74) is -0.395. The van der Waals surface area contributed by atoms with Crippen LogP contribution >= 0.6 is 22.9 Å². The number of thiophene rings is 1. The van der Waals surface area contributed by atoms with E-state index in [-0.39, 0.29) is 35.4 Å². The average molecular weight is 407 g/mol. The molecule has 27 heavy (non-hydrogen) atoms. The lowest BCUT2D eigenvalue weighted by Gasteiger charge is -2.07. The molecule has 2 heterocycles. The quantitative estimate of drug-likeness (QED) is 0.682. The second-order valence-corrected chi connectivity index (χ2v) is 7.62. The minimum atomic E-state index is -0.685. The molecule has 1 aliphatic rings. The highest BCUT2D eigenvalue weighted by molar-refractivity contribution is 7.13. The molecule has 0 unspecified atom stereocenters. The number of amides is 1. The lowest BCUT2D eigenvalue weighted by atomic mass is 10.2. The van der Waals surface area contributed by atoms with Crippen molar-refractivity contribution in [2.75, 3.05) is 6.54 Å². The summed E-state index contributed by atoms with van der Waals surface area (Å²) in [6.45, 7) is 0.323. The topological polar surface area (TPSA) is 68.9 Å². The van der Waals surface area contributed by atoms with Gasteiger partial charge in [0.2, 0.25) is 0 Å². The summed E-state index contributed by atoms with van der Waals surface area (Å²) < 4.78 is 16.9. The maximum Gasteiger partial charge on any atom is 0.346 e. The van der Waals surface area contributed by atoms with Gasteiger partial charge < -0.3 is 5.32 Å². The van der Waals surface area contributed by atoms with E-state index in [2.05, 4.69) is 10.4 Å². The van der Waals surface area contributed by atoms with Crippen LogP contribution in [0, 0.1) is 5.82 Å². The fourth-order valence-electron chi connectivity index (χ4n) is 2.88. The number of nitrogens with zero attached hydrogens (tertiary/aromatic N) is 3.